The number of rotatable bonds is 6. The number of methoxy groups -OCH3 is 3. The fourth-order valence-electron chi connectivity index (χ4n) is 1.97. The Morgan fingerprint density at radius 2 is 1.39 bits per heavy atom. The van der Waals surface area contributed by atoms with Crippen LogP contribution in [0.25, 0.3) is 0 Å². The molecule has 0 atom stereocenters. The SMILES string of the molecule is COc1cc(OC)c(Oc2ccc(C(=O)O)cc2N)cc1OC. The molecule has 0 unspecified atom stereocenters. The summed E-state index contributed by atoms with van der Waals surface area (Å²) in [4.78, 5) is 10.9. The van der Waals surface area contributed by atoms with Gasteiger partial charge in [0.1, 0.15) is 0 Å². The van der Waals surface area contributed by atoms with Crippen molar-refractivity contribution in [3.8, 4) is 28.7 Å². The third kappa shape index (κ3) is 3.39. The predicted octanol–water partition coefficient (Wildman–Crippen LogP) is 2.79. The van der Waals surface area contributed by atoms with E-state index in [-0.39, 0.29) is 11.3 Å². The van der Waals surface area contributed by atoms with E-state index in [1.807, 2.05) is 0 Å². The van der Waals surface area contributed by atoms with Crippen LogP contribution in [0.5, 0.6) is 28.7 Å². The van der Waals surface area contributed by atoms with Gasteiger partial charge in [-0.25, -0.2) is 4.79 Å². The largest absolute Gasteiger partial charge is 0.493 e. The molecule has 2 rings (SSSR count). The number of nitrogen functional groups attached to an aromatic ring is 1. The van der Waals surface area contributed by atoms with Gasteiger partial charge in [-0.15, -0.1) is 0 Å². The van der Waals surface area contributed by atoms with Crippen LogP contribution in [0.2, 0.25) is 0 Å². The quantitative estimate of drug-likeness (QED) is 0.789. The molecule has 0 aromatic heterocycles. The smallest absolute Gasteiger partial charge is 0.335 e. The maximum atomic E-state index is 10.9. The number of ether oxygens (including phenoxy) is 4. The van der Waals surface area contributed by atoms with Crippen LogP contribution >= 0.6 is 0 Å². The summed E-state index contributed by atoms with van der Waals surface area (Å²) in [5.41, 5.74) is 6.11. The van der Waals surface area contributed by atoms with Crippen molar-refractivity contribution in [2.24, 2.45) is 0 Å². The first-order chi connectivity index (χ1) is 11.0. The molecule has 122 valence electrons. The van der Waals surface area contributed by atoms with Gasteiger partial charge in [-0.05, 0) is 18.2 Å². The van der Waals surface area contributed by atoms with Crippen molar-refractivity contribution in [3.05, 3.63) is 35.9 Å². The number of benzene rings is 2. The highest BCUT2D eigenvalue weighted by molar-refractivity contribution is 5.89. The summed E-state index contributed by atoms with van der Waals surface area (Å²) in [5, 5.41) is 8.95. The van der Waals surface area contributed by atoms with Crippen LogP contribution in [-0.2, 0) is 0 Å². The first-order valence-electron chi connectivity index (χ1n) is 6.60. The summed E-state index contributed by atoms with van der Waals surface area (Å²) in [6.45, 7) is 0. The van der Waals surface area contributed by atoms with E-state index in [9.17, 15) is 4.79 Å². The minimum Gasteiger partial charge on any atom is -0.493 e. The van der Waals surface area contributed by atoms with E-state index in [1.165, 1.54) is 39.5 Å². The summed E-state index contributed by atoms with van der Waals surface area (Å²) < 4.78 is 21.4. The van der Waals surface area contributed by atoms with E-state index in [1.54, 1.807) is 12.1 Å². The molecule has 7 nitrogen and oxygen atoms in total. The number of hydrogen-bond acceptors (Lipinski definition) is 6. The minimum atomic E-state index is -1.06. The monoisotopic (exact) mass is 319 g/mol. The maximum absolute atomic E-state index is 10.9. The highest BCUT2D eigenvalue weighted by atomic mass is 16.5. The van der Waals surface area contributed by atoms with Crippen molar-refractivity contribution in [3.63, 3.8) is 0 Å². The van der Waals surface area contributed by atoms with E-state index in [0.29, 0.717) is 28.7 Å². The summed E-state index contributed by atoms with van der Waals surface area (Å²) in [6, 6.07) is 7.43. The molecule has 3 N–H and O–H groups in total. The highest BCUT2D eigenvalue weighted by Crippen LogP contribution is 2.42. The van der Waals surface area contributed by atoms with Gasteiger partial charge in [0.25, 0.3) is 0 Å². The molecule has 0 amide bonds. The summed E-state index contributed by atoms with van der Waals surface area (Å²) in [5.74, 6) is 0.978. The average molecular weight is 319 g/mol. The molecule has 0 fully saturated rings. The third-order valence-electron chi connectivity index (χ3n) is 3.15. The van der Waals surface area contributed by atoms with E-state index in [2.05, 4.69) is 0 Å². The van der Waals surface area contributed by atoms with Gasteiger partial charge in [0.2, 0.25) is 0 Å². The molecule has 0 radical (unpaired) electrons. The zero-order chi connectivity index (χ0) is 17.0. The Kier molecular flexibility index (Phi) is 4.80. The van der Waals surface area contributed by atoms with Gasteiger partial charge in [-0.1, -0.05) is 0 Å². The fraction of sp³-hybridized carbons (Fsp3) is 0.188. The van der Waals surface area contributed by atoms with Crippen molar-refractivity contribution in [1.82, 2.24) is 0 Å². The number of hydrogen-bond donors (Lipinski definition) is 2. The summed E-state index contributed by atoms with van der Waals surface area (Å²) in [6.07, 6.45) is 0. The molecule has 23 heavy (non-hydrogen) atoms. The van der Waals surface area contributed by atoms with Gasteiger partial charge in [0.15, 0.2) is 28.7 Å². The van der Waals surface area contributed by atoms with Gasteiger partial charge in [0, 0.05) is 12.1 Å². The predicted molar refractivity (Wildman–Crippen MR) is 84.0 cm³/mol. The van der Waals surface area contributed by atoms with Crippen molar-refractivity contribution >= 4 is 11.7 Å². The van der Waals surface area contributed by atoms with Gasteiger partial charge in [0.05, 0.1) is 32.6 Å². The van der Waals surface area contributed by atoms with Crippen LogP contribution in [0.3, 0.4) is 0 Å². The highest BCUT2D eigenvalue weighted by Gasteiger charge is 2.15. The second kappa shape index (κ2) is 6.78. The van der Waals surface area contributed by atoms with Gasteiger partial charge in [-0.3, -0.25) is 0 Å². The lowest BCUT2D eigenvalue weighted by atomic mass is 10.2. The lowest BCUT2D eigenvalue weighted by molar-refractivity contribution is 0.0697. The molecule has 0 heterocycles. The molecule has 0 saturated carbocycles. The van der Waals surface area contributed by atoms with Crippen LogP contribution < -0.4 is 24.7 Å². The topological polar surface area (TPSA) is 100 Å². The standard InChI is InChI=1S/C16H17NO6/c1-20-12-7-14(22-3)15(8-13(12)21-2)23-11-5-4-9(16(18)19)6-10(11)17/h4-8H,17H2,1-3H3,(H,18,19). The van der Waals surface area contributed by atoms with Crippen LogP contribution in [0.1, 0.15) is 10.4 Å². The van der Waals surface area contributed by atoms with E-state index < -0.39 is 5.97 Å². The first-order valence-corrected chi connectivity index (χ1v) is 6.60. The van der Waals surface area contributed by atoms with E-state index in [0.717, 1.165) is 0 Å². The van der Waals surface area contributed by atoms with Crippen LogP contribution in [-0.4, -0.2) is 32.4 Å². The van der Waals surface area contributed by atoms with Crippen LogP contribution in [0.15, 0.2) is 30.3 Å². The van der Waals surface area contributed by atoms with Crippen molar-refractivity contribution in [2.75, 3.05) is 27.1 Å². The second-order valence-corrected chi connectivity index (χ2v) is 4.52. The Balaban J connectivity index is 2.41. The molecule has 7 heteroatoms. The summed E-state index contributed by atoms with van der Waals surface area (Å²) in [7, 11) is 4.51. The van der Waals surface area contributed by atoms with Crippen molar-refractivity contribution < 1.29 is 28.8 Å². The summed E-state index contributed by atoms with van der Waals surface area (Å²) >= 11 is 0. The Hall–Kier alpha value is -3.09. The van der Waals surface area contributed by atoms with E-state index >= 15 is 0 Å². The molecule has 2 aromatic carbocycles. The molecule has 0 spiro atoms. The average Bonchev–Trinajstić information content (AvgIpc) is 2.55. The molecule has 0 aliphatic carbocycles. The normalized spacial score (nSPS) is 10.0. The Morgan fingerprint density at radius 3 is 1.87 bits per heavy atom. The minimum absolute atomic E-state index is 0.0779. The molecule has 0 aliphatic heterocycles. The maximum Gasteiger partial charge on any atom is 0.335 e. The van der Waals surface area contributed by atoms with Gasteiger partial charge >= 0.3 is 5.97 Å². The molecule has 0 bridgehead atoms. The Morgan fingerprint density at radius 1 is 0.870 bits per heavy atom. The second-order valence-electron chi connectivity index (χ2n) is 4.52. The lowest BCUT2D eigenvalue weighted by Gasteiger charge is -2.15. The first kappa shape index (κ1) is 16.3. The van der Waals surface area contributed by atoms with Gasteiger partial charge < -0.3 is 29.8 Å². The number of carboxylic acid groups (broad SMARTS) is 1. The Labute approximate surface area is 133 Å². The molecular formula is C16H17NO6. The zero-order valence-electron chi connectivity index (χ0n) is 13.0. The van der Waals surface area contributed by atoms with Crippen molar-refractivity contribution in [1.29, 1.82) is 0 Å². The zero-order valence-corrected chi connectivity index (χ0v) is 13.0. The molecular weight excluding hydrogens is 302 g/mol. The lowest BCUT2D eigenvalue weighted by Crippen LogP contribution is -2.00. The number of aromatic carboxylic acids is 1. The Bertz CT molecular complexity index is 729. The fourth-order valence-corrected chi connectivity index (χ4v) is 1.97. The molecule has 0 saturated heterocycles. The molecule has 2 aromatic rings. The van der Waals surface area contributed by atoms with Crippen LogP contribution in [0.4, 0.5) is 5.69 Å². The number of carboxylic acids is 1. The number of anilines is 1. The number of carbonyl (C=O) groups is 1. The number of nitrogens with two attached hydrogens (primary N) is 1. The molecule has 0 aliphatic rings. The van der Waals surface area contributed by atoms with E-state index in [4.69, 9.17) is 29.8 Å². The van der Waals surface area contributed by atoms with Crippen LogP contribution in [0, 0.1) is 0 Å². The van der Waals surface area contributed by atoms with Gasteiger partial charge in [-0.2, -0.15) is 0 Å². The van der Waals surface area contributed by atoms with Crippen molar-refractivity contribution in [2.45, 2.75) is 0 Å². The third-order valence-corrected chi connectivity index (χ3v) is 3.15.